The van der Waals surface area contributed by atoms with Gasteiger partial charge in [0.25, 0.3) is 0 Å². The molecule has 0 aliphatic carbocycles. The molecule has 0 heterocycles. The van der Waals surface area contributed by atoms with Crippen molar-refractivity contribution >= 4 is 23.0 Å². The largest absolute Gasteiger partial charge is 0.497 e. The molecule has 134 valence electrons. The van der Waals surface area contributed by atoms with E-state index in [2.05, 4.69) is 10.6 Å². The lowest BCUT2D eigenvalue weighted by Gasteiger charge is -2.16. The minimum absolute atomic E-state index is 0.478. The highest BCUT2D eigenvalue weighted by atomic mass is 32.1. The van der Waals surface area contributed by atoms with Gasteiger partial charge in [-0.1, -0.05) is 0 Å². The summed E-state index contributed by atoms with van der Waals surface area (Å²) in [6.45, 7) is 0.478. The fraction of sp³-hybridized carbons (Fsp3) is 0.278. The predicted octanol–water partition coefficient (Wildman–Crippen LogP) is 3.21. The van der Waals surface area contributed by atoms with Gasteiger partial charge in [-0.2, -0.15) is 0 Å². The fourth-order valence-corrected chi connectivity index (χ4v) is 2.45. The molecule has 0 saturated heterocycles. The second kappa shape index (κ2) is 8.98. The molecule has 2 rings (SSSR count). The highest BCUT2D eigenvalue weighted by Gasteiger charge is 2.12. The molecule has 0 aliphatic heterocycles. The van der Waals surface area contributed by atoms with Crippen LogP contribution in [0.5, 0.6) is 23.0 Å². The van der Waals surface area contributed by atoms with Crippen LogP contribution in [-0.2, 0) is 6.54 Å². The normalized spacial score (nSPS) is 9.92. The van der Waals surface area contributed by atoms with Gasteiger partial charge in [-0.15, -0.1) is 0 Å². The van der Waals surface area contributed by atoms with Crippen LogP contribution >= 0.6 is 12.2 Å². The quantitative estimate of drug-likeness (QED) is 0.734. The molecule has 6 nitrogen and oxygen atoms in total. The van der Waals surface area contributed by atoms with Gasteiger partial charge in [0.1, 0.15) is 11.5 Å². The lowest BCUT2D eigenvalue weighted by atomic mass is 10.1. The Morgan fingerprint density at radius 2 is 1.44 bits per heavy atom. The SMILES string of the molecule is COc1ccc(NC(=S)NCc2cc(OC)c(OC)cc2OC)cc1. The Labute approximate surface area is 153 Å². The lowest BCUT2D eigenvalue weighted by Crippen LogP contribution is -2.28. The van der Waals surface area contributed by atoms with Crippen LogP contribution in [0.4, 0.5) is 5.69 Å². The summed E-state index contributed by atoms with van der Waals surface area (Å²) in [4.78, 5) is 0. The van der Waals surface area contributed by atoms with Crippen LogP contribution in [0.3, 0.4) is 0 Å². The molecular formula is C18H22N2O4S. The van der Waals surface area contributed by atoms with Gasteiger partial charge in [0.2, 0.25) is 0 Å². The highest BCUT2D eigenvalue weighted by Crippen LogP contribution is 2.34. The maximum absolute atomic E-state index is 5.41. The number of nitrogens with one attached hydrogen (secondary N) is 2. The summed E-state index contributed by atoms with van der Waals surface area (Å²) in [6, 6.07) is 11.2. The van der Waals surface area contributed by atoms with Crippen LogP contribution in [-0.4, -0.2) is 33.6 Å². The number of benzene rings is 2. The fourth-order valence-electron chi connectivity index (χ4n) is 2.26. The van der Waals surface area contributed by atoms with E-state index in [-0.39, 0.29) is 0 Å². The van der Waals surface area contributed by atoms with Crippen molar-refractivity contribution in [2.24, 2.45) is 0 Å². The maximum atomic E-state index is 5.41. The van der Waals surface area contributed by atoms with Crippen molar-refractivity contribution in [1.29, 1.82) is 0 Å². The Balaban J connectivity index is 2.02. The number of thiocarbonyl (C=S) groups is 1. The first-order chi connectivity index (χ1) is 12.1. The Morgan fingerprint density at radius 1 is 0.840 bits per heavy atom. The Kier molecular flexibility index (Phi) is 6.71. The summed E-state index contributed by atoms with van der Waals surface area (Å²) in [5.41, 5.74) is 1.77. The number of methoxy groups -OCH3 is 4. The van der Waals surface area contributed by atoms with E-state index in [0.717, 1.165) is 17.0 Å². The van der Waals surface area contributed by atoms with E-state index >= 15 is 0 Å². The van der Waals surface area contributed by atoms with Crippen molar-refractivity contribution in [2.45, 2.75) is 6.54 Å². The molecule has 0 radical (unpaired) electrons. The van der Waals surface area contributed by atoms with Crippen LogP contribution in [0, 0.1) is 0 Å². The minimum atomic E-state index is 0.478. The topological polar surface area (TPSA) is 61.0 Å². The van der Waals surface area contributed by atoms with E-state index in [1.165, 1.54) is 0 Å². The minimum Gasteiger partial charge on any atom is -0.497 e. The van der Waals surface area contributed by atoms with Crippen molar-refractivity contribution in [3.05, 3.63) is 42.0 Å². The van der Waals surface area contributed by atoms with Crippen LogP contribution < -0.4 is 29.6 Å². The number of anilines is 1. The lowest BCUT2D eigenvalue weighted by molar-refractivity contribution is 0.347. The summed E-state index contributed by atoms with van der Waals surface area (Å²) < 4.78 is 21.2. The van der Waals surface area contributed by atoms with Gasteiger partial charge in [0.15, 0.2) is 16.6 Å². The highest BCUT2D eigenvalue weighted by molar-refractivity contribution is 7.80. The summed E-state index contributed by atoms with van der Waals surface area (Å²) in [5.74, 6) is 2.73. The number of rotatable bonds is 7. The van der Waals surface area contributed by atoms with Crippen molar-refractivity contribution in [1.82, 2.24) is 5.32 Å². The van der Waals surface area contributed by atoms with Gasteiger partial charge < -0.3 is 29.6 Å². The molecule has 25 heavy (non-hydrogen) atoms. The molecule has 7 heteroatoms. The third-order valence-corrected chi connectivity index (χ3v) is 3.82. The standard InChI is InChI=1S/C18H22N2O4S/c1-21-14-7-5-13(6-8-14)20-18(25)19-11-12-9-16(23-3)17(24-4)10-15(12)22-2/h5-10H,11H2,1-4H3,(H2,19,20,25). The molecule has 2 aromatic rings. The van der Waals surface area contributed by atoms with Crippen LogP contribution in [0.1, 0.15) is 5.56 Å². The third-order valence-electron chi connectivity index (χ3n) is 3.57. The Morgan fingerprint density at radius 3 is 2.00 bits per heavy atom. The van der Waals surface area contributed by atoms with E-state index < -0.39 is 0 Å². The van der Waals surface area contributed by atoms with E-state index in [0.29, 0.717) is 28.9 Å². The number of hydrogen-bond donors (Lipinski definition) is 2. The average Bonchev–Trinajstić information content (AvgIpc) is 2.66. The summed E-state index contributed by atoms with van der Waals surface area (Å²) in [7, 11) is 6.42. The van der Waals surface area contributed by atoms with Crippen LogP contribution in [0.15, 0.2) is 36.4 Å². The molecule has 0 atom stereocenters. The van der Waals surface area contributed by atoms with Crippen molar-refractivity contribution in [2.75, 3.05) is 33.8 Å². The smallest absolute Gasteiger partial charge is 0.171 e. The van der Waals surface area contributed by atoms with Crippen LogP contribution in [0.2, 0.25) is 0 Å². The van der Waals surface area contributed by atoms with Gasteiger partial charge >= 0.3 is 0 Å². The molecule has 0 spiro atoms. The molecule has 0 aliphatic rings. The van der Waals surface area contributed by atoms with Crippen molar-refractivity contribution in [3.63, 3.8) is 0 Å². The Bertz CT molecular complexity index is 720. The first kappa shape index (κ1) is 18.7. The Hall–Kier alpha value is -2.67. The van der Waals surface area contributed by atoms with E-state index in [4.69, 9.17) is 31.2 Å². The monoisotopic (exact) mass is 362 g/mol. The second-order valence-electron chi connectivity index (χ2n) is 5.06. The van der Waals surface area contributed by atoms with Gasteiger partial charge in [0, 0.05) is 23.9 Å². The molecule has 2 N–H and O–H groups in total. The number of ether oxygens (including phenoxy) is 4. The molecule has 0 aromatic heterocycles. The zero-order chi connectivity index (χ0) is 18.2. The van der Waals surface area contributed by atoms with Crippen molar-refractivity contribution < 1.29 is 18.9 Å². The zero-order valence-electron chi connectivity index (χ0n) is 14.7. The van der Waals surface area contributed by atoms with Gasteiger partial charge in [0.05, 0.1) is 28.4 Å². The van der Waals surface area contributed by atoms with Crippen molar-refractivity contribution in [3.8, 4) is 23.0 Å². The average molecular weight is 362 g/mol. The van der Waals surface area contributed by atoms with Crippen LogP contribution in [0.25, 0.3) is 0 Å². The van der Waals surface area contributed by atoms with E-state index in [9.17, 15) is 0 Å². The first-order valence-electron chi connectivity index (χ1n) is 7.59. The predicted molar refractivity (Wildman–Crippen MR) is 102 cm³/mol. The maximum Gasteiger partial charge on any atom is 0.171 e. The van der Waals surface area contributed by atoms with Gasteiger partial charge in [-0.25, -0.2) is 0 Å². The molecular weight excluding hydrogens is 340 g/mol. The molecule has 0 saturated carbocycles. The summed E-state index contributed by atoms with van der Waals surface area (Å²) >= 11 is 5.34. The molecule has 0 fully saturated rings. The van der Waals surface area contributed by atoms with E-state index in [1.807, 2.05) is 30.3 Å². The zero-order valence-corrected chi connectivity index (χ0v) is 15.5. The van der Waals surface area contributed by atoms with Gasteiger partial charge in [-0.3, -0.25) is 0 Å². The molecule has 0 bridgehead atoms. The first-order valence-corrected chi connectivity index (χ1v) is 8.00. The molecule has 0 amide bonds. The second-order valence-corrected chi connectivity index (χ2v) is 5.46. The molecule has 2 aromatic carbocycles. The summed E-state index contributed by atoms with van der Waals surface area (Å²) in [5, 5.41) is 6.77. The van der Waals surface area contributed by atoms with E-state index in [1.54, 1.807) is 34.5 Å². The third kappa shape index (κ3) is 4.90. The molecule has 0 unspecified atom stereocenters. The number of hydrogen-bond acceptors (Lipinski definition) is 5. The summed E-state index contributed by atoms with van der Waals surface area (Å²) in [6.07, 6.45) is 0. The van der Waals surface area contributed by atoms with Gasteiger partial charge in [-0.05, 0) is 42.5 Å².